The van der Waals surface area contributed by atoms with Crippen LogP contribution < -0.4 is 5.73 Å². The third-order valence-electron chi connectivity index (χ3n) is 4.08. The Morgan fingerprint density at radius 2 is 2.13 bits per heavy atom. The van der Waals surface area contributed by atoms with Crippen molar-refractivity contribution in [3.8, 4) is 0 Å². The Bertz CT molecular complexity index is 625. The van der Waals surface area contributed by atoms with Gasteiger partial charge in [-0.25, -0.2) is 4.98 Å². The average Bonchev–Trinajstić information content (AvgIpc) is 3.20. The second-order valence-electron chi connectivity index (χ2n) is 5.83. The number of halogens is 1. The maximum atomic E-state index is 6.35. The fourth-order valence-corrected chi connectivity index (χ4v) is 3.65. The number of hydrogen-bond acceptors (Lipinski definition) is 7. The molecule has 0 bridgehead atoms. The molecule has 0 radical (unpaired) electrons. The molecule has 2 aromatic rings. The lowest BCUT2D eigenvalue weighted by Gasteiger charge is -2.17. The highest BCUT2D eigenvalue weighted by Gasteiger charge is 2.35. The zero-order chi connectivity index (χ0) is 15.6. The summed E-state index contributed by atoms with van der Waals surface area (Å²) in [6.07, 6.45) is 4.68. The smallest absolute Gasteiger partial charge is 0.232 e. The van der Waals surface area contributed by atoms with Crippen LogP contribution in [0.2, 0.25) is 0 Å². The first-order chi connectivity index (χ1) is 10.6. The molecule has 0 spiro atoms. The van der Waals surface area contributed by atoms with Crippen molar-refractivity contribution in [3.05, 3.63) is 27.8 Å². The molecule has 1 aliphatic carbocycles. The molecule has 2 aromatic heterocycles. The maximum absolute atomic E-state index is 6.35. The highest BCUT2D eigenvalue weighted by molar-refractivity contribution is 7.09. The van der Waals surface area contributed by atoms with Crippen molar-refractivity contribution in [1.82, 2.24) is 15.1 Å². The number of nitrogens with two attached hydrogens (primary N) is 1. The Hall–Kier alpha value is -1.02. The van der Waals surface area contributed by atoms with E-state index in [1.54, 1.807) is 11.3 Å². The summed E-state index contributed by atoms with van der Waals surface area (Å²) < 4.78 is 10.9. The molecule has 128 valence electrons. The van der Waals surface area contributed by atoms with Crippen LogP contribution in [0, 0.1) is 0 Å². The van der Waals surface area contributed by atoms with Crippen LogP contribution >= 0.6 is 23.7 Å². The standard InChI is InChI=1S/C15H22N4O2S.ClH/c1-3-20-10(2)13-17-11(9-22-13)8-12-18-14(19-21-12)15(16)6-4-5-7-15;/h9-10H,3-8,16H2,1-2H3;1H. The molecule has 3 rings (SSSR count). The molecule has 2 heterocycles. The van der Waals surface area contributed by atoms with Crippen LogP contribution in [0.25, 0.3) is 0 Å². The van der Waals surface area contributed by atoms with E-state index in [0.717, 1.165) is 36.4 Å². The minimum atomic E-state index is -0.404. The molecule has 0 saturated heterocycles. The van der Waals surface area contributed by atoms with Crippen molar-refractivity contribution in [1.29, 1.82) is 0 Å². The van der Waals surface area contributed by atoms with Crippen molar-refractivity contribution in [2.24, 2.45) is 5.73 Å². The molecule has 1 atom stereocenters. The fraction of sp³-hybridized carbons (Fsp3) is 0.667. The Balaban J connectivity index is 0.00000192. The van der Waals surface area contributed by atoms with E-state index in [1.165, 1.54) is 0 Å². The Kier molecular flexibility index (Phi) is 6.13. The van der Waals surface area contributed by atoms with E-state index in [4.69, 9.17) is 15.0 Å². The lowest BCUT2D eigenvalue weighted by atomic mass is 9.99. The number of ether oxygens (including phenoxy) is 1. The third-order valence-corrected chi connectivity index (χ3v) is 5.13. The summed E-state index contributed by atoms with van der Waals surface area (Å²) in [5, 5.41) is 7.07. The van der Waals surface area contributed by atoms with Gasteiger partial charge in [-0.1, -0.05) is 18.0 Å². The summed E-state index contributed by atoms with van der Waals surface area (Å²) in [6, 6.07) is 0. The number of nitrogens with zero attached hydrogens (tertiary/aromatic N) is 3. The third kappa shape index (κ3) is 4.09. The van der Waals surface area contributed by atoms with Crippen LogP contribution in [0.1, 0.15) is 68.1 Å². The normalized spacial score (nSPS) is 17.9. The summed E-state index contributed by atoms with van der Waals surface area (Å²) in [5.41, 5.74) is 6.87. The molecule has 1 saturated carbocycles. The highest BCUT2D eigenvalue weighted by Crippen LogP contribution is 2.34. The molecule has 8 heteroatoms. The Labute approximate surface area is 146 Å². The summed E-state index contributed by atoms with van der Waals surface area (Å²) in [4.78, 5) is 9.06. The summed E-state index contributed by atoms with van der Waals surface area (Å²) in [7, 11) is 0. The van der Waals surface area contributed by atoms with Crippen molar-refractivity contribution in [2.45, 2.75) is 57.6 Å². The van der Waals surface area contributed by atoms with Crippen LogP contribution in [0.4, 0.5) is 0 Å². The van der Waals surface area contributed by atoms with Crippen molar-refractivity contribution in [3.63, 3.8) is 0 Å². The molecule has 1 fully saturated rings. The van der Waals surface area contributed by atoms with Crippen LogP contribution in [0.5, 0.6) is 0 Å². The average molecular weight is 359 g/mol. The Morgan fingerprint density at radius 3 is 2.83 bits per heavy atom. The summed E-state index contributed by atoms with van der Waals surface area (Å²) in [5.74, 6) is 1.21. The van der Waals surface area contributed by atoms with Gasteiger partial charge in [-0.15, -0.1) is 23.7 Å². The molecule has 6 nitrogen and oxygen atoms in total. The lowest BCUT2D eigenvalue weighted by Crippen LogP contribution is -2.34. The lowest BCUT2D eigenvalue weighted by molar-refractivity contribution is 0.0761. The predicted octanol–water partition coefficient (Wildman–Crippen LogP) is 3.36. The van der Waals surface area contributed by atoms with Gasteiger partial charge in [0, 0.05) is 12.0 Å². The SMILES string of the molecule is CCOC(C)c1nc(Cc2nc(C3(N)CCCC3)no2)cs1.Cl. The van der Waals surface area contributed by atoms with Crippen LogP contribution in [-0.4, -0.2) is 21.7 Å². The van der Waals surface area contributed by atoms with Crippen LogP contribution in [0.3, 0.4) is 0 Å². The minimum Gasteiger partial charge on any atom is -0.372 e. The molecule has 0 aromatic carbocycles. The van der Waals surface area contributed by atoms with Crippen molar-refractivity contribution >= 4 is 23.7 Å². The van der Waals surface area contributed by atoms with Crippen LogP contribution in [0.15, 0.2) is 9.90 Å². The second kappa shape index (κ2) is 7.70. The maximum Gasteiger partial charge on any atom is 0.232 e. The summed E-state index contributed by atoms with van der Waals surface area (Å²) in [6.45, 7) is 4.67. The largest absolute Gasteiger partial charge is 0.372 e. The van der Waals surface area contributed by atoms with Gasteiger partial charge in [0.05, 0.1) is 17.7 Å². The molecule has 1 unspecified atom stereocenters. The molecular weight excluding hydrogens is 336 g/mol. The molecule has 0 aliphatic heterocycles. The van der Waals surface area contributed by atoms with E-state index in [2.05, 4.69) is 15.1 Å². The quantitative estimate of drug-likeness (QED) is 0.851. The fourth-order valence-electron chi connectivity index (χ4n) is 2.83. The molecule has 23 heavy (non-hydrogen) atoms. The number of aromatic nitrogens is 3. The van der Waals surface area contributed by atoms with Gasteiger partial charge in [0.2, 0.25) is 5.89 Å². The first-order valence-electron chi connectivity index (χ1n) is 7.78. The predicted molar refractivity (Wildman–Crippen MR) is 90.8 cm³/mol. The van der Waals surface area contributed by atoms with Gasteiger partial charge in [-0.3, -0.25) is 0 Å². The molecule has 0 amide bonds. The van der Waals surface area contributed by atoms with Gasteiger partial charge >= 0.3 is 0 Å². The topological polar surface area (TPSA) is 87.1 Å². The summed E-state index contributed by atoms with van der Waals surface area (Å²) >= 11 is 1.60. The number of thiazole rings is 1. The van der Waals surface area contributed by atoms with Crippen molar-refractivity contribution in [2.75, 3.05) is 6.61 Å². The minimum absolute atomic E-state index is 0. The monoisotopic (exact) mass is 358 g/mol. The van der Waals surface area contributed by atoms with E-state index >= 15 is 0 Å². The van der Waals surface area contributed by atoms with E-state index < -0.39 is 5.54 Å². The highest BCUT2D eigenvalue weighted by atomic mass is 35.5. The molecular formula is C15H23ClN4O2S. The van der Waals surface area contributed by atoms with Crippen LogP contribution in [-0.2, 0) is 16.7 Å². The van der Waals surface area contributed by atoms with Gasteiger partial charge in [0.15, 0.2) is 5.82 Å². The zero-order valence-corrected chi connectivity index (χ0v) is 15.1. The van der Waals surface area contributed by atoms with Gasteiger partial charge in [0.1, 0.15) is 11.1 Å². The van der Waals surface area contributed by atoms with E-state index in [1.807, 2.05) is 19.2 Å². The first kappa shape index (κ1) is 18.3. The first-order valence-corrected chi connectivity index (χ1v) is 8.66. The van der Waals surface area contributed by atoms with Gasteiger partial charge in [0.25, 0.3) is 0 Å². The van der Waals surface area contributed by atoms with Gasteiger partial charge in [-0.05, 0) is 26.7 Å². The molecule has 2 N–H and O–H groups in total. The number of rotatable bonds is 6. The second-order valence-corrected chi connectivity index (χ2v) is 6.72. The molecule has 1 aliphatic rings. The zero-order valence-electron chi connectivity index (χ0n) is 13.4. The van der Waals surface area contributed by atoms with E-state index in [0.29, 0.717) is 24.7 Å². The van der Waals surface area contributed by atoms with Crippen molar-refractivity contribution < 1.29 is 9.26 Å². The Morgan fingerprint density at radius 1 is 1.39 bits per heavy atom. The number of hydrogen-bond donors (Lipinski definition) is 1. The van der Waals surface area contributed by atoms with Gasteiger partial charge in [-0.2, -0.15) is 4.98 Å². The van der Waals surface area contributed by atoms with E-state index in [9.17, 15) is 0 Å². The van der Waals surface area contributed by atoms with E-state index in [-0.39, 0.29) is 18.5 Å². The van der Waals surface area contributed by atoms with Gasteiger partial charge < -0.3 is 15.0 Å².